The van der Waals surface area contributed by atoms with Crippen LogP contribution >= 0.6 is 0 Å². The molecule has 272 valence electrons. The number of sulfonamides is 1. The Kier molecular flexibility index (Phi) is 11.4. The maximum atomic E-state index is 13.4. The summed E-state index contributed by atoms with van der Waals surface area (Å²) in [5, 5.41) is 2.36. The molecule has 3 aliphatic carbocycles. The van der Waals surface area contributed by atoms with Crippen LogP contribution in [-0.2, 0) is 29.1 Å². The molecule has 0 spiro atoms. The summed E-state index contributed by atoms with van der Waals surface area (Å²) in [6.45, 7) is 4.27. The third kappa shape index (κ3) is 8.93. The van der Waals surface area contributed by atoms with E-state index >= 15 is 0 Å². The Bertz CT molecular complexity index is 1700. The third-order valence-electron chi connectivity index (χ3n) is 10.4. The van der Waals surface area contributed by atoms with E-state index in [0.29, 0.717) is 48.5 Å². The van der Waals surface area contributed by atoms with Crippen molar-refractivity contribution in [3.8, 4) is 17.0 Å². The maximum Gasteiger partial charge on any atom is 0.411 e. The van der Waals surface area contributed by atoms with Crippen molar-refractivity contribution >= 4 is 39.5 Å². The fourth-order valence-electron chi connectivity index (χ4n) is 6.92. The number of rotatable bonds is 16. The second kappa shape index (κ2) is 15.4. The fraction of sp³-hybridized carbons (Fsp3) is 0.583. The minimum Gasteiger partial charge on any atom is -0.497 e. The Balaban J connectivity index is 1.06. The topological polar surface area (TPSA) is 187 Å². The Morgan fingerprint density at radius 2 is 1.76 bits per heavy atom. The summed E-state index contributed by atoms with van der Waals surface area (Å²) >= 11 is 0. The van der Waals surface area contributed by atoms with Crippen LogP contribution in [0.5, 0.6) is 5.75 Å². The van der Waals surface area contributed by atoms with Crippen LogP contribution in [0.3, 0.4) is 0 Å². The predicted octanol–water partition coefficient (Wildman–Crippen LogP) is 4.54. The van der Waals surface area contributed by atoms with Crippen molar-refractivity contribution in [3.05, 3.63) is 42.1 Å². The highest BCUT2D eigenvalue weighted by Crippen LogP contribution is 2.55. The smallest absolute Gasteiger partial charge is 0.411 e. The number of carbonyl (C=O) groups is 4. The SMILES string of the molecule is COc1ccc(-c2ccc(C)cn2)c(NC(=O)O[C@@H]2C[C@@H](C(N)=O)[C@H](C(=O)N(C)CCCCCC[C@@H]3C[C@]3(C)C(=O)NS(=O)(=O)C3CC3)C2)c1. The van der Waals surface area contributed by atoms with E-state index in [2.05, 4.69) is 15.0 Å². The van der Waals surface area contributed by atoms with Gasteiger partial charge in [0.2, 0.25) is 27.7 Å². The number of nitrogens with one attached hydrogen (secondary N) is 2. The van der Waals surface area contributed by atoms with Gasteiger partial charge in [-0.1, -0.05) is 32.3 Å². The van der Waals surface area contributed by atoms with Crippen molar-refractivity contribution in [2.24, 2.45) is 28.9 Å². The number of nitrogens with zero attached hydrogens (tertiary/aromatic N) is 2. The monoisotopic (exact) mass is 711 g/mol. The number of benzene rings is 1. The van der Waals surface area contributed by atoms with Gasteiger partial charge in [-0.15, -0.1) is 0 Å². The molecular formula is C36H49N5O8S. The Morgan fingerprint density at radius 1 is 1.04 bits per heavy atom. The lowest BCUT2D eigenvalue weighted by molar-refractivity contribution is -0.139. The number of ether oxygens (including phenoxy) is 2. The molecule has 4 amide bonds. The molecule has 3 saturated carbocycles. The normalized spacial score (nSPS) is 24.2. The molecule has 0 bridgehead atoms. The zero-order valence-electron chi connectivity index (χ0n) is 29.3. The quantitative estimate of drug-likeness (QED) is 0.210. The minimum absolute atomic E-state index is 0.155. The summed E-state index contributed by atoms with van der Waals surface area (Å²) in [4.78, 5) is 57.5. The number of methoxy groups -OCH3 is 1. The highest BCUT2D eigenvalue weighted by Gasteiger charge is 2.56. The molecule has 3 aliphatic rings. The van der Waals surface area contributed by atoms with E-state index in [1.807, 2.05) is 26.0 Å². The molecule has 1 heterocycles. The van der Waals surface area contributed by atoms with Gasteiger partial charge in [0.05, 0.1) is 41.0 Å². The van der Waals surface area contributed by atoms with Gasteiger partial charge in [-0.2, -0.15) is 0 Å². The number of primary amides is 1. The molecule has 2 aromatic rings. The molecule has 14 heteroatoms. The van der Waals surface area contributed by atoms with E-state index in [0.717, 1.165) is 37.7 Å². The third-order valence-corrected chi connectivity index (χ3v) is 12.2. The maximum absolute atomic E-state index is 13.4. The summed E-state index contributed by atoms with van der Waals surface area (Å²) in [6.07, 6.45) is 6.92. The van der Waals surface area contributed by atoms with E-state index in [4.69, 9.17) is 15.2 Å². The van der Waals surface area contributed by atoms with Gasteiger partial charge in [-0.3, -0.25) is 29.4 Å². The lowest BCUT2D eigenvalue weighted by Crippen LogP contribution is -2.39. The second-order valence-corrected chi connectivity index (χ2v) is 16.3. The van der Waals surface area contributed by atoms with Gasteiger partial charge in [0.15, 0.2) is 0 Å². The van der Waals surface area contributed by atoms with Crippen LogP contribution in [0.2, 0.25) is 0 Å². The Labute approximate surface area is 294 Å². The summed E-state index contributed by atoms with van der Waals surface area (Å²) in [6, 6.07) is 9.02. The van der Waals surface area contributed by atoms with Crippen LogP contribution in [0, 0.1) is 30.1 Å². The molecule has 1 aromatic heterocycles. The van der Waals surface area contributed by atoms with Crippen LogP contribution in [0.25, 0.3) is 11.3 Å². The van der Waals surface area contributed by atoms with E-state index in [9.17, 15) is 27.6 Å². The molecule has 13 nitrogen and oxygen atoms in total. The highest BCUT2D eigenvalue weighted by molar-refractivity contribution is 7.90. The van der Waals surface area contributed by atoms with E-state index in [-0.39, 0.29) is 30.6 Å². The molecule has 1 aromatic carbocycles. The van der Waals surface area contributed by atoms with Gasteiger partial charge in [0.25, 0.3) is 0 Å². The molecule has 4 N–H and O–H groups in total. The van der Waals surface area contributed by atoms with Crippen LogP contribution in [-0.4, -0.2) is 74.2 Å². The first kappa shape index (κ1) is 37.1. The van der Waals surface area contributed by atoms with Crippen LogP contribution < -0.4 is 20.5 Å². The van der Waals surface area contributed by atoms with Crippen molar-refractivity contribution in [2.45, 2.75) is 89.4 Å². The fourth-order valence-corrected chi connectivity index (χ4v) is 8.33. The number of aromatic nitrogens is 1. The Hall–Kier alpha value is -4.20. The molecule has 0 saturated heterocycles. The van der Waals surface area contributed by atoms with Gasteiger partial charge >= 0.3 is 6.09 Å². The molecule has 5 atom stereocenters. The van der Waals surface area contributed by atoms with Gasteiger partial charge in [-0.05, 0) is 81.5 Å². The van der Waals surface area contributed by atoms with Gasteiger partial charge in [0.1, 0.15) is 11.9 Å². The first-order chi connectivity index (χ1) is 23.7. The number of carbonyl (C=O) groups excluding carboxylic acids is 4. The van der Waals surface area contributed by atoms with Crippen molar-refractivity contribution in [1.29, 1.82) is 0 Å². The van der Waals surface area contributed by atoms with E-state index < -0.39 is 50.6 Å². The number of nitrogens with two attached hydrogens (primary N) is 1. The molecule has 0 aliphatic heterocycles. The number of pyridine rings is 1. The summed E-state index contributed by atoms with van der Waals surface area (Å²) in [5.41, 5.74) is 7.85. The standard InChI is InChI=1S/C36H49N5O8S/c1-22-10-15-30(38-21-22)27-14-11-24(48-4)19-31(27)39-35(45)49-25-17-28(32(37)42)29(18-25)33(43)41(3)16-8-6-5-7-9-23-20-36(23,2)34(44)40-50(46,47)26-12-13-26/h10-11,14-15,19,21,23,25-26,28-29H,5-9,12-13,16-18,20H2,1-4H3,(H2,37,42)(H,39,45)(H,40,44)/t23-,25-,28-,29-,36+/m1/s1. The number of hydrogen-bond acceptors (Lipinski definition) is 9. The second-order valence-electron chi connectivity index (χ2n) is 14.3. The number of aryl methyl sites for hydroxylation is 1. The van der Waals surface area contributed by atoms with Crippen molar-refractivity contribution < 1.29 is 37.1 Å². The highest BCUT2D eigenvalue weighted by atomic mass is 32.2. The van der Waals surface area contributed by atoms with Crippen LogP contribution in [0.1, 0.15) is 76.7 Å². The molecular weight excluding hydrogens is 662 g/mol. The number of anilines is 1. The van der Waals surface area contributed by atoms with E-state index in [1.54, 1.807) is 36.3 Å². The van der Waals surface area contributed by atoms with Crippen molar-refractivity contribution in [3.63, 3.8) is 0 Å². The van der Waals surface area contributed by atoms with Crippen molar-refractivity contribution in [2.75, 3.05) is 26.0 Å². The van der Waals surface area contributed by atoms with Gasteiger partial charge in [0, 0.05) is 31.4 Å². The lowest BCUT2D eigenvalue weighted by Gasteiger charge is -2.23. The number of hydrogen-bond donors (Lipinski definition) is 3. The number of unbranched alkanes of at least 4 members (excludes halogenated alkanes) is 3. The zero-order valence-corrected chi connectivity index (χ0v) is 30.1. The summed E-state index contributed by atoms with van der Waals surface area (Å²) in [5.74, 6) is -1.93. The zero-order chi connectivity index (χ0) is 36.2. The molecule has 50 heavy (non-hydrogen) atoms. The van der Waals surface area contributed by atoms with Crippen LogP contribution in [0.4, 0.5) is 10.5 Å². The minimum atomic E-state index is -3.54. The lowest BCUT2D eigenvalue weighted by atomic mass is 9.94. The predicted molar refractivity (Wildman–Crippen MR) is 187 cm³/mol. The van der Waals surface area contributed by atoms with Gasteiger partial charge < -0.3 is 20.1 Å². The Morgan fingerprint density at radius 3 is 2.42 bits per heavy atom. The largest absolute Gasteiger partial charge is 0.497 e. The summed E-state index contributed by atoms with van der Waals surface area (Å²) in [7, 11) is -0.306. The number of amides is 4. The average molecular weight is 712 g/mol. The first-order valence-corrected chi connectivity index (χ1v) is 19.0. The van der Waals surface area contributed by atoms with Crippen molar-refractivity contribution in [1.82, 2.24) is 14.6 Å². The van der Waals surface area contributed by atoms with Gasteiger partial charge in [-0.25, -0.2) is 13.2 Å². The summed E-state index contributed by atoms with van der Waals surface area (Å²) < 4.78 is 37.6. The van der Waals surface area contributed by atoms with E-state index in [1.165, 1.54) is 7.11 Å². The molecule has 3 fully saturated rings. The first-order valence-electron chi connectivity index (χ1n) is 17.4. The molecule has 0 radical (unpaired) electrons. The van der Waals surface area contributed by atoms with Crippen LogP contribution in [0.15, 0.2) is 36.5 Å². The molecule has 0 unspecified atom stereocenters. The average Bonchev–Trinajstić information content (AvgIpc) is 4.00. The molecule has 5 rings (SSSR count).